The summed E-state index contributed by atoms with van der Waals surface area (Å²) in [6, 6.07) is 4.89. The Morgan fingerprint density at radius 3 is 2.60 bits per heavy atom. The molecule has 76 valence electrons. The predicted octanol–water partition coefficient (Wildman–Crippen LogP) is -0.0516. The van der Waals surface area contributed by atoms with E-state index in [4.69, 9.17) is 11.5 Å². The van der Waals surface area contributed by atoms with E-state index in [1.165, 1.54) is 10.9 Å². The first kappa shape index (κ1) is 9.20. The lowest BCUT2D eigenvalue weighted by atomic mass is 10.3. The number of hydrogen-bond acceptors (Lipinski definition) is 4. The van der Waals surface area contributed by atoms with Crippen LogP contribution in [0.4, 0.5) is 5.82 Å². The van der Waals surface area contributed by atoms with Crippen LogP contribution in [0.5, 0.6) is 0 Å². The summed E-state index contributed by atoms with van der Waals surface area (Å²) < 4.78 is 1.51. The molecule has 0 fully saturated rings. The summed E-state index contributed by atoms with van der Waals surface area (Å²) in [5.41, 5.74) is 10.9. The molecule has 0 aromatic carbocycles. The largest absolute Gasteiger partial charge is 0.382 e. The quantitative estimate of drug-likeness (QED) is 0.714. The Bertz CT molecular complexity index is 487. The van der Waals surface area contributed by atoms with E-state index in [9.17, 15) is 4.79 Å². The highest BCUT2D eigenvalue weighted by Crippen LogP contribution is 2.06. The van der Waals surface area contributed by atoms with Gasteiger partial charge in [0.25, 0.3) is 0 Å². The molecule has 1 amide bonds. The maximum absolute atomic E-state index is 10.8. The molecule has 0 atom stereocenters. The number of hydrogen-bond donors (Lipinski definition) is 2. The molecule has 0 unspecified atom stereocenters. The first-order valence-corrected chi connectivity index (χ1v) is 4.24. The number of anilines is 1. The van der Waals surface area contributed by atoms with E-state index in [2.05, 4.69) is 10.1 Å². The Labute approximate surface area is 85.5 Å². The second-order valence-corrected chi connectivity index (χ2v) is 2.95. The van der Waals surface area contributed by atoms with E-state index in [-0.39, 0.29) is 0 Å². The van der Waals surface area contributed by atoms with Gasteiger partial charge >= 0.3 is 0 Å². The van der Waals surface area contributed by atoms with Crippen molar-refractivity contribution in [2.24, 2.45) is 5.73 Å². The van der Waals surface area contributed by atoms with Crippen LogP contribution in [-0.2, 0) is 0 Å². The maximum atomic E-state index is 10.8. The molecular formula is C9H9N5O. The third kappa shape index (κ3) is 1.78. The number of pyridine rings is 1. The van der Waals surface area contributed by atoms with E-state index >= 15 is 0 Å². The normalized spacial score (nSPS) is 10.1. The minimum absolute atomic E-state index is 0.360. The van der Waals surface area contributed by atoms with Gasteiger partial charge in [0.2, 0.25) is 5.91 Å². The van der Waals surface area contributed by atoms with Gasteiger partial charge < -0.3 is 11.5 Å². The van der Waals surface area contributed by atoms with Gasteiger partial charge in [0.15, 0.2) is 5.82 Å². The smallest absolute Gasteiger partial charge is 0.250 e. The van der Waals surface area contributed by atoms with Gasteiger partial charge in [-0.1, -0.05) is 0 Å². The molecule has 2 aromatic heterocycles. The molecule has 0 saturated carbocycles. The number of carbonyl (C=O) groups excluding carboxylic acids is 1. The number of carbonyl (C=O) groups is 1. The summed E-state index contributed by atoms with van der Waals surface area (Å²) >= 11 is 0. The van der Waals surface area contributed by atoms with Crippen LogP contribution in [0.15, 0.2) is 30.6 Å². The zero-order valence-electron chi connectivity index (χ0n) is 7.79. The number of rotatable bonds is 2. The highest BCUT2D eigenvalue weighted by atomic mass is 16.1. The van der Waals surface area contributed by atoms with Crippen LogP contribution >= 0.6 is 0 Å². The summed E-state index contributed by atoms with van der Waals surface area (Å²) in [4.78, 5) is 14.8. The van der Waals surface area contributed by atoms with Crippen molar-refractivity contribution in [3.05, 3.63) is 36.2 Å². The van der Waals surface area contributed by atoms with Crippen LogP contribution in [0.2, 0.25) is 0 Å². The number of primary amides is 1. The second-order valence-electron chi connectivity index (χ2n) is 2.95. The topological polar surface area (TPSA) is 99.8 Å². The van der Waals surface area contributed by atoms with Crippen molar-refractivity contribution in [1.82, 2.24) is 14.8 Å². The molecule has 0 aliphatic heterocycles. The van der Waals surface area contributed by atoms with Crippen molar-refractivity contribution in [3.63, 3.8) is 0 Å². The lowest BCUT2D eigenvalue weighted by Gasteiger charge is -2.00. The van der Waals surface area contributed by atoms with E-state index in [0.29, 0.717) is 17.2 Å². The molecule has 15 heavy (non-hydrogen) atoms. The molecule has 2 rings (SSSR count). The van der Waals surface area contributed by atoms with Crippen LogP contribution in [0.3, 0.4) is 0 Å². The fourth-order valence-electron chi connectivity index (χ4n) is 1.13. The fourth-order valence-corrected chi connectivity index (χ4v) is 1.13. The first-order chi connectivity index (χ1) is 7.16. The molecule has 6 nitrogen and oxygen atoms in total. The summed E-state index contributed by atoms with van der Waals surface area (Å²) in [5.74, 6) is 0.488. The summed E-state index contributed by atoms with van der Waals surface area (Å²) in [7, 11) is 0. The third-order valence-electron chi connectivity index (χ3n) is 1.88. The van der Waals surface area contributed by atoms with Gasteiger partial charge in [-0.05, 0) is 12.1 Å². The van der Waals surface area contributed by atoms with Crippen LogP contribution in [0.1, 0.15) is 10.4 Å². The van der Waals surface area contributed by atoms with Crippen molar-refractivity contribution in [1.29, 1.82) is 0 Å². The summed E-state index contributed by atoms with van der Waals surface area (Å²) in [6.45, 7) is 0. The van der Waals surface area contributed by atoms with Gasteiger partial charge in [-0.25, -0.2) is 9.67 Å². The zero-order chi connectivity index (χ0) is 10.8. The van der Waals surface area contributed by atoms with Crippen molar-refractivity contribution in [2.75, 3.05) is 5.73 Å². The Balaban J connectivity index is 2.35. The van der Waals surface area contributed by atoms with Gasteiger partial charge in [0, 0.05) is 18.5 Å². The molecule has 2 aromatic rings. The van der Waals surface area contributed by atoms with Crippen LogP contribution in [-0.4, -0.2) is 20.7 Å². The van der Waals surface area contributed by atoms with Gasteiger partial charge in [-0.15, -0.1) is 5.10 Å². The molecule has 4 N–H and O–H groups in total. The van der Waals surface area contributed by atoms with Crippen molar-refractivity contribution >= 4 is 11.7 Å². The fraction of sp³-hybridized carbons (Fsp3) is 0. The van der Waals surface area contributed by atoms with Crippen LogP contribution in [0.25, 0.3) is 5.82 Å². The number of aromatic nitrogens is 3. The number of nitrogens with two attached hydrogens (primary N) is 2. The Morgan fingerprint density at radius 1 is 1.33 bits per heavy atom. The number of nitrogens with zero attached hydrogens (tertiary/aromatic N) is 3. The average molecular weight is 203 g/mol. The maximum Gasteiger partial charge on any atom is 0.250 e. The Morgan fingerprint density at radius 2 is 2.13 bits per heavy atom. The molecule has 0 aliphatic carbocycles. The van der Waals surface area contributed by atoms with Crippen LogP contribution < -0.4 is 11.5 Å². The summed E-state index contributed by atoms with van der Waals surface area (Å²) in [5, 5.41) is 3.97. The molecule has 0 saturated heterocycles. The molecule has 0 bridgehead atoms. The molecule has 2 heterocycles. The predicted molar refractivity (Wildman–Crippen MR) is 54.3 cm³/mol. The number of nitrogen functional groups attached to an aromatic ring is 1. The average Bonchev–Trinajstić information content (AvgIpc) is 2.65. The minimum atomic E-state index is -0.506. The van der Waals surface area contributed by atoms with E-state index in [0.717, 1.165) is 0 Å². The van der Waals surface area contributed by atoms with Crippen LogP contribution in [0, 0.1) is 0 Å². The van der Waals surface area contributed by atoms with Crippen molar-refractivity contribution in [2.45, 2.75) is 0 Å². The lowest BCUT2D eigenvalue weighted by Crippen LogP contribution is -2.11. The number of amides is 1. The van der Waals surface area contributed by atoms with Crippen molar-refractivity contribution < 1.29 is 4.79 Å². The molecular weight excluding hydrogens is 194 g/mol. The molecule has 0 spiro atoms. The van der Waals surface area contributed by atoms with Gasteiger partial charge in [0.1, 0.15) is 5.82 Å². The Hall–Kier alpha value is -2.37. The molecule has 6 heteroatoms. The van der Waals surface area contributed by atoms with E-state index < -0.39 is 5.91 Å². The highest BCUT2D eigenvalue weighted by molar-refractivity contribution is 5.92. The highest BCUT2D eigenvalue weighted by Gasteiger charge is 2.03. The SMILES string of the molecule is NC(=O)c1ccc(-n2ccc(N)n2)nc1. The second kappa shape index (κ2) is 3.41. The molecule has 0 aliphatic rings. The van der Waals surface area contributed by atoms with E-state index in [1.807, 2.05) is 0 Å². The van der Waals surface area contributed by atoms with Crippen molar-refractivity contribution in [3.8, 4) is 5.82 Å². The third-order valence-corrected chi connectivity index (χ3v) is 1.88. The van der Waals surface area contributed by atoms with Gasteiger partial charge in [-0.3, -0.25) is 4.79 Å². The minimum Gasteiger partial charge on any atom is -0.382 e. The zero-order valence-corrected chi connectivity index (χ0v) is 7.79. The monoisotopic (exact) mass is 203 g/mol. The lowest BCUT2D eigenvalue weighted by molar-refractivity contribution is 0.1000. The summed E-state index contributed by atoms with van der Waals surface area (Å²) in [6.07, 6.45) is 3.08. The Kier molecular flexibility index (Phi) is 2.09. The standard InChI is InChI=1S/C9H9N5O/c10-7-3-4-14(13-7)8-2-1-6(5-12-8)9(11)15/h1-5H,(H2,10,13)(H2,11,15). The van der Waals surface area contributed by atoms with Gasteiger partial charge in [0.05, 0.1) is 5.56 Å². The van der Waals surface area contributed by atoms with E-state index in [1.54, 1.807) is 24.4 Å². The van der Waals surface area contributed by atoms with Gasteiger partial charge in [-0.2, -0.15) is 0 Å². The molecule has 0 radical (unpaired) electrons. The first-order valence-electron chi connectivity index (χ1n) is 4.24.